The van der Waals surface area contributed by atoms with E-state index in [1.165, 1.54) is 30.3 Å². The van der Waals surface area contributed by atoms with Crippen LogP contribution in [0.4, 0.5) is 61.5 Å². The second-order valence-electron chi connectivity index (χ2n) is 11.0. The second kappa shape index (κ2) is 14.8. The molecule has 8 nitrogen and oxygen atoms in total. The molecule has 0 aliphatic rings. The van der Waals surface area contributed by atoms with Crippen molar-refractivity contribution in [2.75, 3.05) is 13.2 Å². The predicted molar refractivity (Wildman–Crippen MR) is 153 cm³/mol. The molecule has 0 saturated heterocycles. The first-order chi connectivity index (χ1) is 23.8. The zero-order valence-electron chi connectivity index (χ0n) is 25.9. The number of hydrogen-bond donors (Lipinski definition) is 3. The van der Waals surface area contributed by atoms with Crippen LogP contribution >= 0.6 is 0 Å². The number of alkyl halides is 14. The van der Waals surface area contributed by atoms with Gasteiger partial charge in [-0.15, -0.1) is 0 Å². The Bertz CT molecular complexity index is 1800. The van der Waals surface area contributed by atoms with E-state index in [4.69, 9.17) is 9.29 Å². The molecule has 24 heteroatoms. The van der Waals surface area contributed by atoms with Crippen LogP contribution in [0.2, 0.25) is 0 Å². The summed E-state index contributed by atoms with van der Waals surface area (Å²) >= 11 is 0. The molecule has 0 fully saturated rings. The maximum absolute atomic E-state index is 14.1. The van der Waals surface area contributed by atoms with Gasteiger partial charge in [-0.3, -0.25) is 4.55 Å². The van der Waals surface area contributed by atoms with Crippen molar-refractivity contribution in [3.8, 4) is 17.2 Å². The van der Waals surface area contributed by atoms with Crippen molar-refractivity contribution in [1.82, 2.24) is 0 Å². The first-order valence-electron chi connectivity index (χ1n) is 13.9. The van der Waals surface area contributed by atoms with Crippen LogP contribution in [0.5, 0.6) is 17.2 Å². The molecular weight excluding hydrogens is 806 g/mol. The third-order valence-corrected chi connectivity index (χ3v) is 10.0. The Morgan fingerprint density at radius 2 is 1.15 bits per heavy atom. The van der Waals surface area contributed by atoms with Gasteiger partial charge in [0.1, 0.15) is 35.6 Å². The molecule has 3 atom stereocenters. The molecule has 296 valence electrons. The van der Waals surface area contributed by atoms with E-state index in [-0.39, 0.29) is 21.6 Å². The Kier molecular flexibility index (Phi) is 12.2. The van der Waals surface area contributed by atoms with Gasteiger partial charge in [0.25, 0.3) is 11.7 Å². The van der Waals surface area contributed by atoms with E-state index in [1.54, 1.807) is 0 Å². The van der Waals surface area contributed by atoms with Gasteiger partial charge in [0.05, 0.1) is 0 Å². The van der Waals surface area contributed by atoms with Gasteiger partial charge < -0.3 is 24.4 Å². The summed E-state index contributed by atoms with van der Waals surface area (Å²) in [4.78, 5) is -0.0849. The summed E-state index contributed by atoms with van der Waals surface area (Å²) in [5.41, 5.74) is -9.04. The molecule has 0 radical (unpaired) electrons. The van der Waals surface area contributed by atoms with Crippen LogP contribution in [0.25, 0.3) is 0 Å². The zero-order valence-corrected chi connectivity index (χ0v) is 27.5. The van der Waals surface area contributed by atoms with Crippen molar-refractivity contribution in [2.45, 2.75) is 68.9 Å². The van der Waals surface area contributed by atoms with Crippen molar-refractivity contribution in [1.29, 1.82) is 0 Å². The van der Waals surface area contributed by atoms with E-state index in [0.29, 0.717) is 18.2 Å². The highest BCUT2D eigenvalue weighted by Crippen LogP contribution is 2.45. The molecule has 3 rings (SSSR count). The smallest absolute Gasteiger partial charge is 0.432 e. The lowest BCUT2D eigenvalue weighted by Gasteiger charge is -2.32. The van der Waals surface area contributed by atoms with Crippen LogP contribution in [0.15, 0.2) is 87.5 Å². The topological polar surface area (TPSA) is 123 Å². The van der Waals surface area contributed by atoms with Gasteiger partial charge in [-0.05, 0) is 49.4 Å². The van der Waals surface area contributed by atoms with E-state index in [9.17, 15) is 80.1 Å². The fourth-order valence-electron chi connectivity index (χ4n) is 3.87. The summed E-state index contributed by atoms with van der Waals surface area (Å²) in [6.07, 6.45) is -28.5. The van der Waals surface area contributed by atoms with Crippen LogP contribution in [0.1, 0.15) is 6.92 Å². The van der Waals surface area contributed by atoms with Crippen molar-refractivity contribution < 1.29 is 98.9 Å². The molecule has 3 unspecified atom stereocenters. The Balaban J connectivity index is 2.17. The van der Waals surface area contributed by atoms with Crippen LogP contribution in [0.3, 0.4) is 0 Å². The molecule has 53 heavy (non-hydrogen) atoms. The number of halogens is 14. The zero-order chi connectivity index (χ0) is 40.6. The van der Waals surface area contributed by atoms with E-state index >= 15 is 0 Å². The van der Waals surface area contributed by atoms with E-state index in [0.717, 1.165) is 24.3 Å². The van der Waals surface area contributed by atoms with Gasteiger partial charge in [-0.2, -0.15) is 69.9 Å². The molecule has 0 aliphatic heterocycles. The fraction of sp³-hybridized carbons (Fsp3) is 0.379. The monoisotopic (exact) mass is 829 g/mol. The Morgan fingerprint density at radius 1 is 0.660 bits per heavy atom. The van der Waals surface area contributed by atoms with Gasteiger partial charge >= 0.3 is 40.1 Å². The summed E-state index contributed by atoms with van der Waals surface area (Å²) in [6, 6.07) is 12.3. The lowest BCUT2D eigenvalue weighted by molar-refractivity contribution is -0.373. The Hall–Kier alpha value is -3.74. The van der Waals surface area contributed by atoms with Gasteiger partial charge in [0.2, 0.25) is 4.90 Å². The van der Waals surface area contributed by atoms with E-state index in [1.807, 2.05) is 0 Å². The lowest BCUT2D eigenvalue weighted by atomic mass is 10.0. The number of aliphatic hydroxyl groups is 2. The molecule has 0 amide bonds. The Morgan fingerprint density at radius 3 is 1.60 bits per heavy atom. The highest BCUT2D eigenvalue weighted by atomic mass is 32.2. The van der Waals surface area contributed by atoms with Crippen LogP contribution in [-0.4, -0.2) is 83.7 Å². The predicted octanol–water partition coefficient (Wildman–Crippen LogP) is 7.50. The molecular formula is C29H23F14O8S2+. The van der Waals surface area contributed by atoms with Gasteiger partial charge in [0.15, 0.2) is 21.1 Å². The summed E-state index contributed by atoms with van der Waals surface area (Å²) in [5.74, 6) is -2.74. The lowest BCUT2D eigenvalue weighted by Crippen LogP contribution is -2.60. The third-order valence-electron chi connectivity index (χ3n) is 6.88. The average molecular weight is 830 g/mol. The van der Waals surface area contributed by atoms with Crippen molar-refractivity contribution >= 4 is 21.0 Å². The van der Waals surface area contributed by atoms with Crippen molar-refractivity contribution in [3.05, 3.63) is 72.8 Å². The number of rotatable bonds is 13. The summed E-state index contributed by atoms with van der Waals surface area (Å²) in [6.45, 7) is -3.88. The highest BCUT2D eigenvalue weighted by molar-refractivity contribution is 7.97. The minimum atomic E-state index is -6.67. The number of hydrogen-bond acceptors (Lipinski definition) is 7. The standard InChI is InChI=1S/C29H22F14O8S2/c1-23(44,27(35,36)37)14-50-20-13-17(49-15-24(45,28(38,39)40)29(41,42)43)9-12-21(20)52(18-5-3-2-4-6-18)19-10-7-16(8-11-19)51-22(25(30,31)32)26(33,34)53(46,47)48/h2-13,22,44-45H,14-15H2,1H3/p+1. The molecule has 0 aliphatic carbocycles. The normalized spacial score (nSPS) is 16.0. The SMILES string of the molecule is CC(O)(COc1cc(OCC(O)(C(F)(F)F)C(F)(F)F)ccc1[S+](c1ccccc1)c1ccc(OC(C(F)(F)F)C(F)(F)S(=O)(=O)O)cc1)C(F)(F)F. The average Bonchev–Trinajstić information content (AvgIpc) is 3.00. The maximum Gasteiger partial charge on any atom is 0.432 e. The number of benzene rings is 3. The molecule has 0 bridgehead atoms. The van der Waals surface area contributed by atoms with E-state index in [2.05, 4.69) is 9.47 Å². The molecule has 0 spiro atoms. The number of ether oxygens (including phenoxy) is 3. The van der Waals surface area contributed by atoms with E-state index < -0.39 is 98.7 Å². The third kappa shape index (κ3) is 9.69. The molecule has 0 aromatic heterocycles. The minimum absolute atomic E-state index is 0.0433. The quantitative estimate of drug-likeness (QED) is 0.0921. The maximum atomic E-state index is 14.1. The molecule has 3 aromatic carbocycles. The molecule has 0 saturated carbocycles. The second-order valence-corrected chi connectivity index (χ2v) is 14.5. The van der Waals surface area contributed by atoms with Gasteiger partial charge in [-0.25, -0.2) is 0 Å². The summed E-state index contributed by atoms with van der Waals surface area (Å²) in [7, 11) is -8.39. The Labute approximate surface area is 292 Å². The molecule has 0 heterocycles. The molecule has 3 N–H and O–H groups in total. The van der Waals surface area contributed by atoms with Gasteiger partial charge in [0, 0.05) is 12.1 Å². The highest BCUT2D eigenvalue weighted by Gasteiger charge is 2.71. The van der Waals surface area contributed by atoms with Crippen LogP contribution in [0, 0.1) is 0 Å². The van der Waals surface area contributed by atoms with Crippen molar-refractivity contribution in [2.24, 2.45) is 0 Å². The molecule has 3 aromatic rings. The fourth-order valence-corrected chi connectivity index (χ4v) is 6.46. The van der Waals surface area contributed by atoms with Gasteiger partial charge in [-0.1, -0.05) is 18.2 Å². The van der Waals surface area contributed by atoms with Crippen LogP contribution in [-0.2, 0) is 21.0 Å². The first kappa shape index (κ1) is 43.7. The summed E-state index contributed by atoms with van der Waals surface area (Å²) in [5, 5.41) is 13.5. The summed E-state index contributed by atoms with van der Waals surface area (Å²) < 4.78 is 233. The minimum Gasteiger partial charge on any atom is -0.490 e. The largest absolute Gasteiger partial charge is 0.490 e. The first-order valence-corrected chi connectivity index (χ1v) is 16.5. The van der Waals surface area contributed by atoms with Crippen molar-refractivity contribution in [3.63, 3.8) is 0 Å². The van der Waals surface area contributed by atoms with Crippen LogP contribution < -0.4 is 14.2 Å².